The van der Waals surface area contributed by atoms with E-state index in [2.05, 4.69) is 17.1 Å². The van der Waals surface area contributed by atoms with E-state index in [1.54, 1.807) is 24.3 Å². The number of fused-ring (bicyclic) bond motifs is 1. The van der Waals surface area contributed by atoms with E-state index >= 15 is 0 Å². The molecule has 2 fully saturated rings. The third-order valence-corrected chi connectivity index (χ3v) is 9.53. The van der Waals surface area contributed by atoms with Crippen molar-refractivity contribution < 1.29 is 32.6 Å². The third kappa shape index (κ3) is 9.17. The molecule has 1 N–H and O–H groups in total. The molecule has 2 aliphatic heterocycles. The molecule has 8 nitrogen and oxygen atoms in total. The van der Waals surface area contributed by atoms with Crippen molar-refractivity contribution in [3.8, 4) is 17.2 Å². The van der Waals surface area contributed by atoms with Crippen LogP contribution in [-0.2, 0) is 4.74 Å². The highest BCUT2D eigenvalue weighted by molar-refractivity contribution is 5.97. The number of aryl methyl sites for hydroxylation is 1. The first-order valence-corrected chi connectivity index (χ1v) is 17.3. The van der Waals surface area contributed by atoms with Gasteiger partial charge in [-0.3, -0.25) is 9.59 Å². The maximum absolute atomic E-state index is 13.7. The summed E-state index contributed by atoms with van der Waals surface area (Å²) in [6.07, 6.45) is 8.59. The summed E-state index contributed by atoms with van der Waals surface area (Å²) in [6.45, 7) is 4.33. The molecule has 3 aromatic carbocycles. The Hall–Kier alpha value is -4.44. The Labute approximate surface area is 286 Å². The standard InChI is InChI=1S/C39H45F2N3O5/c1-26-3-12-32(13-4-26)48-33-14-9-31(10-15-33)38(46)43-20-17-28(18-21-43)23-44-24-35-30(8-5-27(44)2)11-16-34(36(35)49-39(40)41)37(45)42-19-22-47-25-29-6-7-29/h3-4,8-16,24,27-29,39H,5-7,17-23,25H2,1-2H3,(H,42,45). The molecule has 0 aromatic heterocycles. The van der Waals surface area contributed by atoms with Crippen LogP contribution in [0.2, 0.25) is 0 Å². The second-order valence-corrected chi connectivity index (χ2v) is 13.4. The number of rotatable bonds is 13. The van der Waals surface area contributed by atoms with Gasteiger partial charge >= 0.3 is 6.61 Å². The van der Waals surface area contributed by atoms with Gasteiger partial charge < -0.3 is 29.3 Å². The molecule has 260 valence electrons. The number of benzene rings is 3. The Morgan fingerprint density at radius 1 is 0.918 bits per heavy atom. The fraction of sp³-hybridized carbons (Fsp3) is 0.436. The molecule has 1 saturated heterocycles. The van der Waals surface area contributed by atoms with Crippen LogP contribution in [0.5, 0.6) is 17.2 Å². The molecule has 0 radical (unpaired) electrons. The van der Waals surface area contributed by atoms with E-state index in [0.29, 0.717) is 67.6 Å². The van der Waals surface area contributed by atoms with Crippen molar-refractivity contribution in [2.45, 2.75) is 58.6 Å². The summed E-state index contributed by atoms with van der Waals surface area (Å²) in [5, 5.41) is 4.02. The number of halogens is 2. The second kappa shape index (κ2) is 15.8. The molecular weight excluding hydrogens is 628 g/mol. The summed E-state index contributed by atoms with van der Waals surface area (Å²) in [4.78, 5) is 30.5. The van der Waals surface area contributed by atoms with Crippen LogP contribution in [-0.4, -0.2) is 73.7 Å². The molecule has 1 atom stereocenters. The van der Waals surface area contributed by atoms with E-state index in [-0.39, 0.29) is 29.8 Å². The molecule has 2 heterocycles. The number of piperidine rings is 1. The molecule has 3 aromatic rings. The van der Waals surface area contributed by atoms with Gasteiger partial charge in [-0.25, -0.2) is 0 Å². The highest BCUT2D eigenvalue weighted by Gasteiger charge is 2.27. The summed E-state index contributed by atoms with van der Waals surface area (Å²) >= 11 is 0. The van der Waals surface area contributed by atoms with Crippen molar-refractivity contribution >= 4 is 24.1 Å². The molecule has 2 amide bonds. The summed E-state index contributed by atoms with van der Waals surface area (Å²) in [5.74, 6) is 1.74. The van der Waals surface area contributed by atoms with E-state index in [9.17, 15) is 18.4 Å². The van der Waals surface area contributed by atoms with Crippen molar-refractivity contribution in [1.29, 1.82) is 0 Å². The van der Waals surface area contributed by atoms with Crippen LogP contribution < -0.4 is 25.2 Å². The molecule has 0 bridgehead atoms. The number of likely N-dealkylation sites (tertiary alicyclic amines) is 1. The molecule has 49 heavy (non-hydrogen) atoms. The maximum Gasteiger partial charge on any atom is 0.387 e. The predicted molar refractivity (Wildman–Crippen MR) is 184 cm³/mol. The molecular formula is C39H45F2N3O5. The molecule has 1 saturated carbocycles. The molecule has 1 aliphatic carbocycles. The predicted octanol–water partition coefficient (Wildman–Crippen LogP) is 5.71. The lowest BCUT2D eigenvalue weighted by Gasteiger charge is -2.36. The number of nitrogens with one attached hydrogen (secondary N) is 1. The Morgan fingerprint density at radius 2 is 1.61 bits per heavy atom. The van der Waals surface area contributed by atoms with Gasteiger partial charge in [0.15, 0.2) is 0 Å². The van der Waals surface area contributed by atoms with E-state index in [1.165, 1.54) is 12.8 Å². The summed E-state index contributed by atoms with van der Waals surface area (Å²) in [5.41, 5.74) is 1.85. The fourth-order valence-electron chi connectivity index (χ4n) is 6.35. The van der Waals surface area contributed by atoms with Gasteiger partial charge in [0.1, 0.15) is 17.2 Å². The average molecular weight is 674 g/mol. The first-order chi connectivity index (χ1) is 23.7. The van der Waals surface area contributed by atoms with E-state index in [1.807, 2.05) is 60.5 Å². The second-order valence-electron chi connectivity index (χ2n) is 13.4. The quantitative estimate of drug-likeness (QED) is 0.234. The van der Waals surface area contributed by atoms with Gasteiger partial charge in [-0.2, -0.15) is 8.78 Å². The van der Waals surface area contributed by atoms with Gasteiger partial charge in [0.05, 0.1) is 12.2 Å². The SMILES string of the molecule is Cc1ccc(Oc2ccc(C(=O)N3CCC(CN4C=c5c(OC(F)F)c(C(=O)NCCOCC6CC6)ccc5=CCC4C)CC3)cc2)cc1. The molecule has 6 rings (SSSR count). The van der Waals surface area contributed by atoms with Crippen LogP contribution in [0.1, 0.15) is 65.3 Å². The van der Waals surface area contributed by atoms with E-state index in [0.717, 1.165) is 29.4 Å². The molecule has 3 aliphatic rings. The lowest BCUT2D eigenvalue weighted by Crippen LogP contribution is -2.42. The van der Waals surface area contributed by atoms with Gasteiger partial charge in [0.25, 0.3) is 11.8 Å². The fourth-order valence-corrected chi connectivity index (χ4v) is 6.35. The van der Waals surface area contributed by atoms with Gasteiger partial charge in [0.2, 0.25) is 0 Å². The van der Waals surface area contributed by atoms with Crippen LogP contribution in [0.25, 0.3) is 12.3 Å². The highest BCUT2D eigenvalue weighted by Crippen LogP contribution is 2.29. The van der Waals surface area contributed by atoms with E-state index < -0.39 is 12.5 Å². The van der Waals surface area contributed by atoms with Gasteiger partial charge in [-0.1, -0.05) is 29.8 Å². The highest BCUT2D eigenvalue weighted by atomic mass is 19.3. The number of carbonyl (C=O) groups is 2. The smallest absolute Gasteiger partial charge is 0.387 e. The summed E-state index contributed by atoms with van der Waals surface area (Å²) < 4.78 is 44.0. The Morgan fingerprint density at radius 3 is 2.29 bits per heavy atom. The Kier molecular flexibility index (Phi) is 11.1. The number of nitrogens with zero attached hydrogens (tertiary/aromatic N) is 2. The van der Waals surface area contributed by atoms with Crippen molar-refractivity contribution in [3.63, 3.8) is 0 Å². The lowest BCUT2D eigenvalue weighted by atomic mass is 9.95. The van der Waals surface area contributed by atoms with Crippen LogP contribution in [0, 0.1) is 18.8 Å². The zero-order chi connectivity index (χ0) is 34.3. The van der Waals surface area contributed by atoms with Gasteiger partial charge in [-0.15, -0.1) is 0 Å². The minimum absolute atomic E-state index is 0.00682. The monoisotopic (exact) mass is 673 g/mol. The van der Waals surface area contributed by atoms with Crippen LogP contribution in [0.4, 0.5) is 8.78 Å². The van der Waals surface area contributed by atoms with Crippen LogP contribution >= 0.6 is 0 Å². The number of hydrogen-bond acceptors (Lipinski definition) is 6. The lowest BCUT2D eigenvalue weighted by molar-refractivity contribution is -0.0509. The van der Waals surface area contributed by atoms with Crippen molar-refractivity contribution in [2.24, 2.45) is 11.8 Å². The maximum atomic E-state index is 13.7. The zero-order valence-electron chi connectivity index (χ0n) is 28.2. The van der Waals surface area contributed by atoms with Crippen LogP contribution in [0.3, 0.4) is 0 Å². The Bertz CT molecular complexity index is 1720. The minimum atomic E-state index is -3.08. The van der Waals surface area contributed by atoms with Crippen LogP contribution in [0.15, 0.2) is 60.7 Å². The first kappa shape index (κ1) is 34.4. The van der Waals surface area contributed by atoms with E-state index in [4.69, 9.17) is 14.2 Å². The van der Waals surface area contributed by atoms with Crippen molar-refractivity contribution in [1.82, 2.24) is 15.1 Å². The van der Waals surface area contributed by atoms with Crippen molar-refractivity contribution in [2.75, 3.05) is 39.4 Å². The minimum Gasteiger partial charge on any atom is -0.457 e. The number of hydrogen-bond donors (Lipinski definition) is 1. The zero-order valence-corrected chi connectivity index (χ0v) is 28.2. The number of ether oxygens (including phenoxy) is 3. The number of alkyl halides is 2. The van der Waals surface area contributed by atoms with Crippen molar-refractivity contribution in [3.05, 3.63) is 87.8 Å². The third-order valence-electron chi connectivity index (χ3n) is 9.53. The summed E-state index contributed by atoms with van der Waals surface area (Å²) in [7, 11) is 0. The summed E-state index contributed by atoms with van der Waals surface area (Å²) in [6, 6.07) is 18.5. The average Bonchev–Trinajstić information content (AvgIpc) is 3.94. The van der Waals surface area contributed by atoms with Gasteiger partial charge in [0, 0.05) is 55.8 Å². The topological polar surface area (TPSA) is 80.3 Å². The molecule has 10 heteroatoms. The normalized spacial score (nSPS) is 17.9. The molecule has 1 unspecified atom stereocenters. The molecule has 0 spiro atoms. The largest absolute Gasteiger partial charge is 0.457 e. The Balaban J connectivity index is 1.08. The van der Waals surface area contributed by atoms with Gasteiger partial charge in [-0.05, 0) is 105 Å². The number of amides is 2. The first-order valence-electron chi connectivity index (χ1n) is 17.3. The number of carbonyl (C=O) groups excluding carboxylic acids is 2.